The Morgan fingerprint density at radius 1 is 1.27 bits per heavy atom. The number of aromatic nitrogens is 2. The van der Waals surface area contributed by atoms with E-state index in [1.165, 1.54) is 29.9 Å². The quantitative estimate of drug-likeness (QED) is 0.821. The first-order valence-corrected chi connectivity index (χ1v) is 8.07. The van der Waals surface area contributed by atoms with Gasteiger partial charge in [0.1, 0.15) is 5.82 Å². The lowest BCUT2D eigenvalue weighted by molar-refractivity contribution is 0.0693. The molecular weight excluding hydrogens is 274 g/mol. The maximum Gasteiger partial charge on any atom is 0.109 e. The highest BCUT2D eigenvalue weighted by Crippen LogP contribution is 2.19. The zero-order valence-electron chi connectivity index (χ0n) is 13.5. The first-order valence-electron chi connectivity index (χ1n) is 8.07. The van der Waals surface area contributed by atoms with E-state index < -0.39 is 0 Å². The Morgan fingerprint density at radius 3 is 2.82 bits per heavy atom. The van der Waals surface area contributed by atoms with Crippen molar-refractivity contribution in [3.05, 3.63) is 53.6 Å². The highest BCUT2D eigenvalue weighted by Gasteiger charge is 2.16. The molecular formula is C18H25N3O. The molecule has 1 atom stereocenters. The average Bonchev–Trinajstić information content (AvgIpc) is 2.95. The summed E-state index contributed by atoms with van der Waals surface area (Å²) in [4.78, 5) is 7.06. The molecule has 0 saturated heterocycles. The van der Waals surface area contributed by atoms with Crippen LogP contribution in [0.15, 0.2) is 36.5 Å². The second-order valence-corrected chi connectivity index (χ2v) is 6.13. The van der Waals surface area contributed by atoms with Gasteiger partial charge in [0.2, 0.25) is 0 Å². The second-order valence-electron chi connectivity index (χ2n) is 6.13. The van der Waals surface area contributed by atoms with Crippen molar-refractivity contribution in [2.75, 3.05) is 20.7 Å². The number of aryl methyl sites for hydroxylation is 2. The summed E-state index contributed by atoms with van der Waals surface area (Å²) in [7, 11) is 3.91. The number of imidazole rings is 1. The molecule has 1 unspecified atom stereocenters. The Bertz CT molecular complexity index is 570. The standard InChI is InChI=1S/C18H25N3O/c1-20(14-17(22-2)15-8-4-3-5-9-15)12-16-13-21-11-7-6-10-18(21)19-16/h3-5,8-9,13,17H,6-7,10-12,14H2,1-2H3. The van der Waals surface area contributed by atoms with Crippen molar-refractivity contribution in [3.8, 4) is 0 Å². The summed E-state index contributed by atoms with van der Waals surface area (Å²) in [5.41, 5.74) is 2.39. The predicted molar refractivity (Wildman–Crippen MR) is 87.7 cm³/mol. The van der Waals surface area contributed by atoms with Crippen molar-refractivity contribution in [2.45, 2.75) is 38.5 Å². The van der Waals surface area contributed by atoms with Crippen molar-refractivity contribution in [1.82, 2.24) is 14.5 Å². The van der Waals surface area contributed by atoms with Crippen molar-refractivity contribution >= 4 is 0 Å². The van der Waals surface area contributed by atoms with Gasteiger partial charge in [-0.15, -0.1) is 0 Å². The van der Waals surface area contributed by atoms with Crippen molar-refractivity contribution in [2.24, 2.45) is 0 Å². The van der Waals surface area contributed by atoms with Gasteiger partial charge in [-0.05, 0) is 25.5 Å². The van der Waals surface area contributed by atoms with Gasteiger partial charge in [0.05, 0.1) is 11.8 Å². The molecule has 0 aliphatic carbocycles. The SMILES string of the molecule is COC(CN(C)Cc1cn2c(n1)CCCC2)c1ccccc1. The minimum absolute atomic E-state index is 0.100. The summed E-state index contributed by atoms with van der Waals surface area (Å²) in [6.45, 7) is 2.85. The molecule has 1 aliphatic rings. The van der Waals surface area contributed by atoms with Crippen LogP contribution in [0.3, 0.4) is 0 Å². The summed E-state index contributed by atoms with van der Waals surface area (Å²) < 4.78 is 7.98. The molecule has 3 rings (SSSR count). The first-order chi connectivity index (χ1) is 10.8. The van der Waals surface area contributed by atoms with Gasteiger partial charge in [0, 0.05) is 39.4 Å². The number of likely N-dealkylation sites (N-methyl/N-ethyl adjacent to an activating group) is 1. The van der Waals surface area contributed by atoms with Crippen LogP contribution >= 0.6 is 0 Å². The molecule has 1 aromatic heterocycles. The molecule has 0 N–H and O–H groups in total. The zero-order valence-corrected chi connectivity index (χ0v) is 13.5. The number of hydrogen-bond donors (Lipinski definition) is 0. The van der Waals surface area contributed by atoms with Gasteiger partial charge < -0.3 is 9.30 Å². The lowest BCUT2D eigenvalue weighted by atomic mass is 10.1. The average molecular weight is 299 g/mol. The van der Waals surface area contributed by atoms with Crippen LogP contribution < -0.4 is 0 Å². The third-order valence-electron chi connectivity index (χ3n) is 4.32. The van der Waals surface area contributed by atoms with Crippen LogP contribution in [-0.2, 0) is 24.2 Å². The van der Waals surface area contributed by atoms with Crippen LogP contribution in [-0.4, -0.2) is 35.2 Å². The molecule has 22 heavy (non-hydrogen) atoms. The fourth-order valence-corrected chi connectivity index (χ4v) is 3.16. The Hall–Kier alpha value is -1.65. The zero-order chi connectivity index (χ0) is 15.4. The van der Waals surface area contributed by atoms with Gasteiger partial charge in [-0.25, -0.2) is 4.98 Å². The number of ether oxygens (including phenoxy) is 1. The van der Waals surface area contributed by atoms with Gasteiger partial charge in [0.15, 0.2) is 0 Å². The van der Waals surface area contributed by atoms with Crippen molar-refractivity contribution in [1.29, 1.82) is 0 Å². The van der Waals surface area contributed by atoms with E-state index in [4.69, 9.17) is 9.72 Å². The molecule has 0 saturated carbocycles. The first kappa shape index (κ1) is 15.3. The third-order valence-corrected chi connectivity index (χ3v) is 4.32. The van der Waals surface area contributed by atoms with Gasteiger partial charge in [-0.1, -0.05) is 30.3 Å². The minimum atomic E-state index is 0.100. The summed E-state index contributed by atoms with van der Waals surface area (Å²) in [5.74, 6) is 1.25. The number of rotatable bonds is 6. The maximum atomic E-state index is 5.66. The van der Waals surface area contributed by atoms with E-state index in [9.17, 15) is 0 Å². The van der Waals surface area contributed by atoms with Crippen LogP contribution in [0.2, 0.25) is 0 Å². The monoisotopic (exact) mass is 299 g/mol. The Balaban J connectivity index is 1.61. The van der Waals surface area contributed by atoms with E-state index in [2.05, 4.69) is 47.0 Å². The molecule has 118 valence electrons. The van der Waals surface area contributed by atoms with E-state index in [-0.39, 0.29) is 6.10 Å². The lowest BCUT2D eigenvalue weighted by Crippen LogP contribution is -2.25. The Morgan fingerprint density at radius 2 is 2.09 bits per heavy atom. The number of methoxy groups -OCH3 is 1. The summed E-state index contributed by atoms with van der Waals surface area (Å²) in [6.07, 6.45) is 5.98. The van der Waals surface area contributed by atoms with E-state index in [1.54, 1.807) is 7.11 Å². The highest BCUT2D eigenvalue weighted by atomic mass is 16.5. The van der Waals surface area contributed by atoms with E-state index >= 15 is 0 Å². The van der Waals surface area contributed by atoms with Gasteiger partial charge in [-0.3, -0.25) is 4.90 Å². The third kappa shape index (κ3) is 3.57. The second kappa shape index (κ2) is 7.07. The fourth-order valence-electron chi connectivity index (χ4n) is 3.16. The Kier molecular flexibility index (Phi) is 4.90. The number of benzene rings is 1. The number of hydrogen-bond acceptors (Lipinski definition) is 3. The molecule has 0 fully saturated rings. The Labute approximate surface area is 132 Å². The van der Waals surface area contributed by atoms with Gasteiger partial charge in [0.25, 0.3) is 0 Å². The van der Waals surface area contributed by atoms with E-state index in [0.717, 1.165) is 26.1 Å². The van der Waals surface area contributed by atoms with Crippen molar-refractivity contribution in [3.63, 3.8) is 0 Å². The predicted octanol–water partition coefficient (Wildman–Crippen LogP) is 3.04. The molecule has 0 amide bonds. The lowest BCUT2D eigenvalue weighted by Gasteiger charge is -2.22. The van der Waals surface area contributed by atoms with Crippen LogP contribution in [0.25, 0.3) is 0 Å². The van der Waals surface area contributed by atoms with Gasteiger partial charge in [-0.2, -0.15) is 0 Å². The van der Waals surface area contributed by atoms with Crippen molar-refractivity contribution < 1.29 is 4.74 Å². The van der Waals surface area contributed by atoms with Crippen LogP contribution in [0.5, 0.6) is 0 Å². The number of fused-ring (bicyclic) bond motifs is 1. The van der Waals surface area contributed by atoms with E-state index in [0.29, 0.717) is 0 Å². The molecule has 4 heteroatoms. The molecule has 1 aromatic carbocycles. The molecule has 0 bridgehead atoms. The minimum Gasteiger partial charge on any atom is -0.375 e. The van der Waals surface area contributed by atoms with Crippen LogP contribution in [0.4, 0.5) is 0 Å². The van der Waals surface area contributed by atoms with Gasteiger partial charge >= 0.3 is 0 Å². The molecule has 4 nitrogen and oxygen atoms in total. The molecule has 0 spiro atoms. The molecule has 1 aliphatic heterocycles. The topological polar surface area (TPSA) is 30.3 Å². The smallest absolute Gasteiger partial charge is 0.109 e. The van der Waals surface area contributed by atoms with Crippen LogP contribution in [0.1, 0.15) is 36.0 Å². The molecule has 0 radical (unpaired) electrons. The van der Waals surface area contributed by atoms with Crippen LogP contribution in [0, 0.1) is 0 Å². The normalized spacial score (nSPS) is 15.8. The maximum absolute atomic E-state index is 5.66. The van der Waals surface area contributed by atoms with E-state index in [1.807, 2.05) is 6.07 Å². The molecule has 2 aromatic rings. The largest absolute Gasteiger partial charge is 0.375 e. The fraction of sp³-hybridized carbons (Fsp3) is 0.500. The molecule has 2 heterocycles. The summed E-state index contributed by atoms with van der Waals surface area (Å²) in [6, 6.07) is 10.4. The summed E-state index contributed by atoms with van der Waals surface area (Å²) >= 11 is 0. The summed E-state index contributed by atoms with van der Waals surface area (Å²) in [5, 5.41) is 0. The number of nitrogens with zero attached hydrogens (tertiary/aromatic N) is 3. The highest BCUT2D eigenvalue weighted by molar-refractivity contribution is 5.18.